The van der Waals surface area contributed by atoms with Gasteiger partial charge in [-0.2, -0.15) is 0 Å². The molecule has 13 heavy (non-hydrogen) atoms. The van der Waals surface area contributed by atoms with Gasteiger partial charge in [0.05, 0.1) is 0 Å². The van der Waals surface area contributed by atoms with Crippen LogP contribution in [0.2, 0.25) is 0 Å². The Kier molecular flexibility index (Phi) is 7.44. The molecule has 1 nitrogen and oxygen atoms in total. The Bertz CT molecular complexity index is 205. The first kappa shape index (κ1) is 12.3. The van der Waals surface area contributed by atoms with Gasteiger partial charge in [-0.25, -0.2) is 0 Å². The third kappa shape index (κ3) is 7.62. The van der Waals surface area contributed by atoms with E-state index in [4.69, 9.17) is 5.11 Å². The Hall–Kier alpha value is -0.740. The summed E-state index contributed by atoms with van der Waals surface area (Å²) in [6.07, 6.45) is 5.19. The number of aliphatic hydroxyl groups is 1. The zero-order valence-corrected chi connectivity index (χ0v) is 8.93. The van der Waals surface area contributed by atoms with E-state index < -0.39 is 0 Å². The lowest BCUT2D eigenvalue weighted by Gasteiger charge is -2.06. The van der Waals surface area contributed by atoms with Crippen molar-refractivity contribution >= 4 is 0 Å². The van der Waals surface area contributed by atoms with Gasteiger partial charge in [0.1, 0.15) is 0 Å². The topological polar surface area (TPSA) is 20.2 Å². The number of aliphatic hydroxyl groups excluding tert-OH is 1. The molecular formula is C12H20O. The van der Waals surface area contributed by atoms with Gasteiger partial charge in [0.2, 0.25) is 0 Å². The van der Waals surface area contributed by atoms with Crippen LogP contribution in [0.3, 0.4) is 0 Å². The first-order valence-electron chi connectivity index (χ1n) is 4.86. The van der Waals surface area contributed by atoms with Gasteiger partial charge in [-0.05, 0) is 32.6 Å². The van der Waals surface area contributed by atoms with Crippen molar-refractivity contribution in [1.29, 1.82) is 0 Å². The molecule has 0 radical (unpaired) electrons. The third-order valence-electron chi connectivity index (χ3n) is 1.92. The molecule has 0 aromatic heterocycles. The van der Waals surface area contributed by atoms with Crippen LogP contribution >= 0.6 is 0 Å². The van der Waals surface area contributed by atoms with Gasteiger partial charge in [-0.15, -0.1) is 11.8 Å². The van der Waals surface area contributed by atoms with Crippen LogP contribution in [-0.2, 0) is 0 Å². The zero-order chi connectivity index (χ0) is 10.1. The summed E-state index contributed by atoms with van der Waals surface area (Å²) in [5, 5.41) is 8.84. The van der Waals surface area contributed by atoms with E-state index >= 15 is 0 Å². The summed E-state index contributed by atoms with van der Waals surface area (Å²) in [4.78, 5) is 0. The second kappa shape index (κ2) is 7.89. The van der Waals surface area contributed by atoms with Crippen LogP contribution in [0.5, 0.6) is 0 Å². The molecule has 1 N–H and O–H groups in total. The highest BCUT2D eigenvalue weighted by Gasteiger charge is 1.99. The molecule has 0 bridgehead atoms. The smallest absolute Gasteiger partial charge is 0.0459 e. The Balaban J connectivity index is 3.66. The summed E-state index contributed by atoms with van der Waals surface area (Å²) < 4.78 is 0. The molecule has 1 atom stereocenters. The van der Waals surface area contributed by atoms with Gasteiger partial charge in [0.25, 0.3) is 0 Å². The maximum absolute atomic E-state index is 8.84. The summed E-state index contributed by atoms with van der Waals surface area (Å²) in [5.74, 6) is 6.28. The predicted molar refractivity (Wildman–Crippen MR) is 57.3 cm³/mol. The highest BCUT2D eigenvalue weighted by molar-refractivity contribution is 5.02. The van der Waals surface area contributed by atoms with E-state index in [-0.39, 0.29) is 6.61 Å². The molecular weight excluding hydrogens is 160 g/mol. The molecule has 0 saturated carbocycles. The Morgan fingerprint density at radius 3 is 2.77 bits per heavy atom. The lowest BCUT2D eigenvalue weighted by molar-refractivity contribution is 0.237. The van der Waals surface area contributed by atoms with Crippen molar-refractivity contribution in [2.45, 2.75) is 40.0 Å². The van der Waals surface area contributed by atoms with E-state index in [0.29, 0.717) is 5.92 Å². The Morgan fingerprint density at radius 1 is 1.54 bits per heavy atom. The van der Waals surface area contributed by atoms with Crippen molar-refractivity contribution in [3.05, 3.63) is 11.6 Å². The molecule has 0 amide bonds. The molecule has 0 spiro atoms. The summed E-state index contributed by atoms with van der Waals surface area (Å²) >= 11 is 0. The molecule has 0 rings (SSSR count). The molecule has 0 aliphatic heterocycles. The molecule has 0 heterocycles. The van der Waals surface area contributed by atoms with Crippen molar-refractivity contribution in [1.82, 2.24) is 0 Å². The first-order valence-corrected chi connectivity index (χ1v) is 4.86. The largest absolute Gasteiger partial charge is 0.396 e. The summed E-state index contributed by atoms with van der Waals surface area (Å²) in [6, 6.07) is 0. The lowest BCUT2D eigenvalue weighted by Crippen LogP contribution is -2.00. The highest BCUT2D eigenvalue weighted by Crippen LogP contribution is 2.10. The fourth-order valence-electron chi connectivity index (χ4n) is 1.21. The fourth-order valence-corrected chi connectivity index (χ4v) is 1.21. The van der Waals surface area contributed by atoms with Gasteiger partial charge in [-0.1, -0.05) is 18.6 Å². The zero-order valence-electron chi connectivity index (χ0n) is 8.93. The standard InChI is InChI=1S/C12H20O/c1-4-5-6-7-8-11(2)9-12(3)10-13/h8,12-13H,6-7,9-10H2,1-3H3. The average molecular weight is 180 g/mol. The Labute approximate surface area is 81.9 Å². The van der Waals surface area contributed by atoms with Crippen molar-refractivity contribution in [2.24, 2.45) is 5.92 Å². The summed E-state index contributed by atoms with van der Waals surface area (Å²) in [5.41, 5.74) is 1.36. The second-order valence-electron chi connectivity index (χ2n) is 3.51. The number of rotatable bonds is 5. The molecule has 0 aliphatic carbocycles. The highest BCUT2D eigenvalue weighted by atomic mass is 16.3. The van der Waals surface area contributed by atoms with E-state index in [2.05, 4.69) is 31.8 Å². The van der Waals surface area contributed by atoms with Crippen LogP contribution < -0.4 is 0 Å². The number of hydrogen-bond acceptors (Lipinski definition) is 1. The maximum atomic E-state index is 8.84. The van der Waals surface area contributed by atoms with Gasteiger partial charge < -0.3 is 5.11 Å². The number of unbranched alkanes of at least 4 members (excludes halogenated alkanes) is 1. The van der Waals surface area contributed by atoms with Crippen LogP contribution in [-0.4, -0.2) is 11.7 Å². The van der Waals surface area contributed by atoms with E-state index in [1.165, 1.54) is 5.57 Å². The predicted octanol–water partition coefficient (Wildman–Crippen LogP) is 2.75. The van der Waals surface area contributed by atoms with Gasteiger partial charge in [-0.3, -0.25) is 0 Å². The number of allylic oxidation sites excluding steroid dienone is 2. The van der Waals surface area contributed by atoms with Crippen molar-refractivity contribution in [3.8, 4) is 11.8 Å². The average Bonchev–Trinajstić information content (AvgIpc) is 2.12. The van der Waals surface area contributed by atoms with E-state index in [1.807, 2.05) is 6.92 Å². The van der Waals surface area contributed by atoms with Crippen LogP contribution in [0.25, 0.3) is 0 Å². The molecule has 0 aromatic carbocycles. The SMILES string of the molecule is CC#CCCC=C(C)CC(C)CO. The fraction of sp³-hybridized carbons (Fsp3) is 0.667. The molecule has 0 aliphatic rings. The molecule has 0 saturated heterocycles. The van der Waals surface area contributed by atoms with E-state index in [9.17, 15) is 0 Å². The van der Waals surface area contributed by atoms with Crippen LogP contribution in [0.4, 0.5) is 0 Å². The van der Waals surface area contributed by atoms with Crippen molar-refractivity contribution in [2.75, 3.05) is 6.61 Å². The maximum Gasteiger partial charge on any atom is 0.0459 e. The van der Waals surface area contributed by atoms with Gasteiger partial charge in [0, 0.05) is 13.0 Å². The molecule has 0 aromatic rings. The van der Waals surface area contributed by atoms with Crippen LogP contribution in [0, 0.1) is 17.8 Å². The summed E-state index contributed by atoms with van der Waals surface area (Å²) in [7, 11) is 0. The molecule has 1 heteroatoms. The van der Waals surface area contributed by atoms with Gasteiger partial charge >= 0.3 is 0 Å². The minimum Gasteiger partial charge on any atom is -0.396 e. The first-order chi connectivity index (χ1) is 6.20. The van der Waals surface area contributed by atoms with Crippen molar-refractivity contribution in [3.63, 3.8) is 0 Å². The van der Waals surface area contributed by atoms with E-state index in [0.717, 1.165) is 19.3 Å². The Morgan fingerprint density at radius 2 is 2.23 bits per heavy atom. The second-order valence-corrected chi connectivity index (χ2v) is 3.51. The third-order valence-corrected chi connectivity index (χ3v) is 1.92. The molecule has 74 valence electrons. The van der Waals surface area contributed by atoms with E-state index in [1.54, 1.807) is 0 Å². The lowest BCUT2D eigenvalue weighted by atomic mass is 10.0. The van der Waals surface area contributed by atoms with Crippen molar-refractivity contribution < 1.29 is 5.11 Å². The van der Waals surface area contributed by atoms with Crippen LogP contribution in [0.15, 0.2) is 11.6 Å². The molecule has 1 unspecified atom stereocenters. The minimum atomic E-state index is 0.278. The van der Waals surface area contributed by atoms with Gasteiger partial charge in [0.15, 0.2) is 0 Å². The minimum absolute atomic E-state index is 0.278. The normalized spacial score (nSPS) is 13.4. The van der Waals surface area contributed by atoms with Crippen LogP contribution in [0.1, 0.15) is 40.0 Å². The molecule has 0 fully saturated rings. The number of hydrogen-bond donors (Lipinski definition) is 1. The monoisotopic (exact) mass is 180 g/mol. The quantitative estimate of drug-likeness (QED) is 0.392. The summed E-state index contributed by atoms with van der Waals surface area (Å²) in [6.45, 7) is 6.32.